The van der Waals surface area contributed by atoms with E-state index in [2.05, 4.69) is 18.9 Å². The van der Waals surface area contributed by atoms with Crippen molar-refractivity contribution < 1.29 is 9.84 Å². The topological polar surface area (TPSA) is 32.7 Å². The van der Waals surface area contributed by atoms with E-state index in [1.165, 1.54) is 6.42 Å². The summed E-state index contributed by atoms with van der Waals surface area (Å²) in [6.07, 6.45) is 1.18. The van der Waals surface area contributed by atoms with Crippen molar-refractivity contribution in [1.82, 2.24) is 4.90 Å². The summed E-state index contributed by atoms with van der Waals surface area (Å²) in [7, 11) is 2.08. The monoisotopic (exact) mass is 161 g/mol. The third-order valence-corrected chi connectivity index (χ3v) is 1.46. The van der Waals surface area contributed by atoms with E-state index >= 15 is 0 Å². The fourth-order valence-corrected chi connectivity index (χ4v) is 0.881. The normalized spacial score (nSPS) is 10.9. The molecular weight excluding hydrogens is 142 g/mol. The van der Waals surface area contributed by atoms with Crippen molar-refractivity contribution in [2.24, 2.45) is 0 Å². The van der Waals surface area contributed by atoms with Gasteiger partial charge in [0.05, 0.1) is 19.8 Å². The quantitative estimate of drug-likeness (QED) is 0.546. The Morgan fingerprint density at radius 2 is 2.00 bits per heavy atom. The lowest BCUT2D eigenvalue weighted by Crippen LogP contribution is -2.24. The molecule has 3 heteroatoms. The van der Waals surface area contributed by atoms with Crippen molar-refractivity contribution in [3.05, 3.63) is 0 Å². The summed E-state index contributed by atoms with van der Waals surface area (Å²) in [5.74, 6) is 0. The molecule has 0 radical (unpaired) electrons. The number of ether oxygens (including phenoxy) is 1. The van der Waals surface area contributed by atoms with E-state index in [0.29, 0.717) is 6.61 Å². The van der Waals surface area contributed by atoms with Crippen LogP contribution in [0.1, 0.15) is 13.3 Å². The van der Waals surface area contributed by atoms with E-state index in [1.54, 1.807) is 0 Å². The van der Waals surface area contributed by atoms with E-state index in [4.69, 9.17) is 9.84 Å². The predicted octanol–water partition coefficient (Wildman–Crippen LogP) is 0.337. The molecule has 3 nitrogen and oxygen atoms in total. The van der Waals surface area contributed by atoms with Crippen molar-refractivity contribution in [2.45, 2.75) is 13.3 Å². The van der Waals surface area contributed by atoms with Crippen LogP contribution in [0.3, 0.4) is 0 Å². The first-order valence-electron chi connectivity index (χ1n) is 4.18. The van der Waals surface area contributed by atoms with Gasteiger partial charge in [0.1, 0.15) is 0 Å². The molecule has 0 heterocycles. The predicted molar refractivity (Wildman–Crippen MR) is 45.7 cm³/mol. The molecule has 0 spiro atoms. The lowest BCUT2D eigenvalue weighted by molar-refractivity contribution is 0.0784. The standard InChI is InChI=1S/C8H19NO2/c1-3-4-9(2)5-7-11-8-6-10/h10H,3-8H2,1-2H3. The maximum absolute atomic E-state index is 8.40. The lowest BCUT2D eigenvalue weighted by Gasteiger charge is -2.14. The van der Waals surface area contributed by atoms with Crippen LogP contribution in [0, 0.1) is 0 Å². The van der Waals surface area contributed by atoms with Crippen LogP contribution in [0.5, 0.6) is 0 Å². The minimum atomic E-state index is 0.123. The second-order valence-electron chi connectivity index (χ2n) is 2.64. The zero-order chi connectivity index (χ0) is 8.53. The van der Waals surface area contributed by atoms with Gasteiger partial charge >= 0.3 is 0 Å². The van der Waals surface area contributed by atoms with Gasteiger partial charge in [-0.1, -0.05) is 6.92 Å². The highest BCUT2D eigenvalue weighted by Gasteiger charge is 1.94. The van der Waals surface area contributed by atoms with Crippen molar-refractivity contribution in [2.75, 3.05) is 40.0 Å². The molecule has 0 aromatic heterocycles. The van der Waals surface area contributed by atoms with Gasteiger partial charge in [-0.3, -0.25) is 0 Å². The number of hydrogen-bond acceptors (Lipinski definition) is 3. The molecule has 11 heavy (non-hydrogen) atoms. The van der Waals surface area contributed by atoms with E-state index in [-0.39, 0.29) is 6.61 Å². The fraction of sp³-hybridized carbons (Fsp3) is 1.00. The summed E-state index contributed by atoms with van der Waals surface area (Å²) in [6, 6.07) is 0. The molecule has 0 rings (SSSR count). The van der Waals surface area contributed by atoms with Crippen LogP contribution in [0.25, 0.3) is 0 Å². The number of aliphatic hydroxyl groups excluding tert-OH is 1. The third kappa shape index (κ3) is 7.78. The Balaban J connectivity index is 2.97. The first kappa shape index (κ1) is 10.9. The Morgan fingerprint density at radius 3 is 2.55 bits per heavy atom. The molecule has 0 aliphatic carbocycles. The van der Waals surface area contributed by atoms with Crippen LogP contribution in [-0.4, -0.2) is 50.0 Å². The summed E-state index contributed by atoms with van der Waals surface area (Å²) in [6.45, 7) is 5.52. The molecule has 0 aromatic carbocycles. The van der Waals surface area contributed by atoms with Gasteiger partial charge < -0.3 is 14.7 Å². The molecule has 0 amide bonds. The highest BCUT2D eigenvalue weighted by molar-refractivity contribution is 4.47. The fourth-order valence-electron chi connectivity index (χ4n) is 0.881. The van der Waals surface area contributed by atoms with Crippen molar-refractivity contribution >= 4 is 0 Å². The molecule has 0 aromatic rings. The van der Waals surface area contributed by atoms with Crippen LogP contribution in [-0.2, 0) is 4.74 Å². The van der Waals surface area contributed by atoms with E-state index in [0.717, 1.165) is 19.7 Å². The van der Waals surface area contributed by atoms with E-state index in [1.807, 2.05) is 0 Å². The Bertz CT molecular complexity index is 78.5. The highest BCUT2D eigenvalue weighted by atomic mass is 16.5. The molecule has 0 bridgehead atoms. The van der Waals surface area contributed by atoms with Gasteiger partial charge in [-0.05, 0) is 20.0 Å². The molecule has 1 N–H and O–H groups in total. The third-order valence-electron chi connectivity index (χ3n) is 1.46. The maximum Gasteiger partial charge on any atom is 0.0698 e. The summed E-state index contributed by atoms with van der Waals surface area (Å²) >= 11 is 0. The van der Waals surface area contributed by atoms with Crippen LogP contribution in [0.2, 0.25) is 0 Å². The van der Waals surface area contributed by atoms with Crippen LogP contribution in [0.15, 0.2) is 0 Å². The Morgan fingerprint density at radius 1 is 1.27 bits per heavy atom. The Hall–Kier alpha value is -0.120. The van der Waals surface area contributed by atoms with Crippen LogP contribution >= 0.6 is 0 Å². The first-order chi connectivity index (χ1) is 5.31. The molecule has 0 saturated carbocycles. The smallest absolute Gasteiger partial charge is 0.0698 e. The molecule has 0 aliphatic rings. The number of nitrogens with zero attached hydrogens (tertiary/aromatic N) is 1. The summed E-state index contributed by atoms with van der Waals surface area (Å²) < 4.78 is 5.11. The van der Waals surface area contributed by atoms with E-state index in [9.17, 15) is 0 Å². The van der Waals surface area contributed by atoms with Crippen molar-refractivity contribution in [3.63, 3.8) is 0 Å². The largest absolute Gasteiger partial charge is 0.394 e. The van der Waals surface area contributed by atoms with Gasteiger partial charge in [0.25, 0.3) is 0 Å². The Labute approximate surface area is 69.0 Å². The number of aliphatic hydroxyl groups is 1. The second-order valence-corrected chi connectivity index (χ2v) is 2.64. The minimum absolute atomic E-state index is 0.123. The maximum atomic E-state index is 8.40. The van der Waals surface area contributed by atoms with Crippen molar-refractivity contribution in [1.29, 1.82) is 0 Å². The minimum Gasteiger partial charge on any atom is -0.394 e. The zero-order valence-corrected chi connectivity index (χ0v) is 7.55. The molecule has 0 aliphatic heterocycles. The average molecular weight is 161 g/mol. The second kappa shape index (κ2) is 7.98. The number of hydrogen-bond donors (Lipinski definition) is 1. The summed E-state index contributed by atoms with van der Waals surface area (Å²) in [5.41, 5.74) is 0. The SMILES string of the molecule is CCCN(C)CCOCCO. The number of likely N-dealkylation sites (N-methyl/N-ethyl adjacent to an activating group) is 1. The lowest BCUT2D eigenvalue weighted by atomic mass is 10.4. The van der Waals surface area contributed by atoms with Gasteiger partial charge in [-0.15, -0.1) is 0 Å². The van der Waals surface area contributed by atoms with E-state index < -0.39 is 0 Å². The zero-order valence-electron chi connectivity index (χ0n) is 7.55. The molecule has 0 unspecified atom stereocenters. The van der Waals surface area contributed by atoms with Gasteiger partial charge in [0.15, 0.2) is 0 Å². The van der Waals surface area contributed by atoms with Gasteiger partial charge in [-0.25, -0.2) is 0 Å². The Kier molecular flexibility index (Phi) is 7.89. The number of rotatable bonds is 7. The molecule has 0 atom stereocenters. The van der Waals surface area contributed by atoms with Gasteiger partial charge in [-0.2, -0.15) is 0 Å². The van der Waals surface area contributed by atoms with Crippen LogP contribution < -0.4 is 0 Å². The molecule has 0 fully saturated rings. The van der Waals surface area contributed by atoms with Gasteiger partial charge in [0, 0.05) is 6.54 Å². The summed E-state index contributed by atoms with van der Waals surface area (Å²) in [4.78, 5) is 2.22. The molecular formula is C8H19NO2. The summed E-state index contributed by atoms with van der Waals surface area (Å²) in [5, 5.41) is 8.40. The average Bonchev–Trinajstić information content (AvgIpc) is 1.99. The molecule has 0 saturated heterocycles. The van der Waals surface area contributed by atoms with Crippen LogP contribution in [0.4, 0.5) is 0 Å². The van der Waals surface area contributed by atoms with Crippen molar-refractivity contribution in [3.8, 4) is 0 Å². The molecule has 68 valence electrons. The highest BCUT2D eigenvalue weighted by Crippen LogP contribution is 1.85. The van der Waals surface area contributed by atoms with Gasteiger partial charge in [0.2, 0.25) is 0 Å². The first-order valence-corrected chi connectivity index (χ1v) is 4.18.